The van der Waals surface area contributed by atoms with E-state index in [0.717, 1.165) is 21.0 Å². The maximum atomic E-state index is 13.0. The molecule has 0 bridgehead atoms. The van der Waals surface area contributed by atoms with Gasteiger partial charge in [-0.15, -0.1) is 0 Å². The third kappa shape index (κ3) is 5.59. The minimum atomic E-state index is -0.951. The number of amides is 5. The number of hydrogen-bond donors (Lipinski definition) is 4. The molecule has 0 saturated carbocycles. The summed E-state index contributed by atoms with van der Waals surface area (Å²) in [6, 6.07) is 13.1. The fraction of sp³-hybridized carbons (Fsp3) is 0.174. The minimum Gasteiger partial charge on any atom is -0.437 e. The maximum Gasteiger partial charge on any atom is 0.345 e. The second-order valence-corrected chi connectivity index (χ2v) is 8.08. The topological polar surface area (TPSA) is 182 Å². The zero-order valence-corrected chi connectivity index (χ0v) is 20.0. The van der Waals surface area contributed by atoms with Gasteiger partial charge in [0, 0.05) is 12.7 Å². The maximum absolute atomic E-state index is 13.0. The first kappa shape index (κ1) is 25.0. The van der Waals surface area contributed by atoms with E-state index < -0.39 is 24.3 Å². The second kappa shape index (κ2) is 10.7. The highest BCUT2D eigenvalue weighted by Crippen LogP contribution is 2.24. The van der Waals surface area contributed by atoms with Crippen molar-refractivity contribution < 1.29 is 19.1 Å². The van der Waals surface area contributed by atoms with E-state index in [1.807, 2.05) is 36.6 Å². The molecule has 1 atom stereocenters. The number of imide groups is 1. The molecule has 4 rings (SSSR count). The van der Waals surface area contributed by atoms with Crippen LogP contribution in [0.2, 0.25) is 0 Å². The van der Waals surface area contributed by atoms with Crippen molar-refractivity contribution in [3.63, 3.8) is 0 Å². The molecule has 0 spiro atoms. The molecule has 3 aromatic rings. The quantitative estimate of drug-likeness (QED) is 0.156. The third-order valence-electron chi connectivity index (χ3n) is 5.45. The van der Waals surface area contributed by atoms with Crippen LogP contribution in [0.15, 0.2) is 66.1 Å². The van der Waals surface area contributed by atoms with Crippen molar-refractivity contribution in [3.05, 3.63) is 77.7 Å². The number of rotatable bonds is 8. The van der Waals surface area contributed by atoms with Crippen molar-refractivity contribution in [3.8, 4) is 11.6 Å². The monoisotopic (exact) mass is 504 g/mol. The van der Waals surface area contributed by atoms with Crippen molar-refractivity contribution in [2.75, 3.05) is 12.4 Å². The molecule has 2 heterocycles. The number of urea groups is 2. The number of anilines is 1. The SMILES string of the molecule is Cc1ccc(CN2C(=O)N(C)C(=O)N(N)C2Nc2ccc(Oc3cncc(C(=O)NN=N)n3)cc2)cc1. The molecule has 5 N–H and O–H groups in total. The fourth-order valence-corrected chi connectivity index (χ4v) is 3.50. The van der Waals surface area contributed by atoms with E-state index in [4.69, 9.17) is 16.1 Å². The first-order valence-corrected chi connectivity index (χ1v) is 11.0. The molecule has 1 aromatic heterocycles. The van der Waals surface area contributed by atoms with Gasteiger partial charge in [0.25, 0.3) is 5.91 Å². The Morgan fingerprint density at radius 3 is 2.49 bits per heavy atom. The standard InChI is InChI=1S/C23H24N10O4/c1-14-3-5-15(6-4-14)13-32-21(33(25)23(36)31(2)22(32)35)27-16-7-9-17(10-8-16)37-19-12-26-11-18(28-19)20(34)29-30-24/h3-12,21,27H,13,25H2,1-2H3,(H2,24,29,34). The predicted octanol–water partition coefficient (Wildman–Crippen LogP) is 2.81. The van der Waals surface area contributed by atoms with Gasteiger partial charge in [0.15, 0.2) is 5.69 Å². The number of hydrogen-bond acceptors (Lipinski definition) is 10. The minimum absolute atomic E-state index is 0.0576. The summed E-state index contributed by atoms with van der Waals surface area (Å²) in [7, 11) is 1.37. The number of nitrogens with two attached hydrogens (primary N) is 1. The Balaban J connectivity index is 1.50. The molecular formula is C23H24N10O4. The second-order valence-electron chi connectivity index (χ2n) is 8.08. The van der Waals surface area contributed by atoms with Crippen LogP contribution in [0.4, 0.5) is 15.3 Å². The van der Waals surface area contributed by atoms with E-state index in [1.165, 1.54) is 24.3 Å². The lowest BCUT2D eigenvalue weighted by Gasteiger charge is -2.44. The van der Waals surface area contributed by atoms with Gasteiger partial charge in [0.1, 0.15) is 5.75 Å². The summed E-state index contributed by atoms with van der Waals surface area (Å²) in [4.78, 5) is 47.6. The molecular weight excluding hydrogens is 480 g/mol. The number of hydrazine groups is 1. The lowest BCUT2D eigenvalue weighted by molar-refractivity contribution is 0.0438. The van der Waals surface area contributed by atoms with E-state index in [0.29, 0.717) is 11.4 Å². The Labute approximate surface area is 211 Å². The van der Waals surface area contributed by atoms with Crippen molar-refractivity contribution in [2.45, 2.75) is 19.8 Å². The van der Waals surface area contributed by atoms with Crippen molar-refractivity contribution in [1.29, 1.82) is 5.53 Å². The van der Waals surface area contributed by atoms with E-state index in [-0.39, 0.29) is 18.1 Å². The highest BCUT2D eigenvalue weighted by Gasteiger charge is 2.41. The zero-order valence-electron chi connectivity index (χ0n) is 20.0. The van der Waals surface area contributed by atoms with Crippen LogP contribution >= 0.6 is 0 Å². The summed E-state index contributed by atoms with van der Waals surface area (Å²) in [5.74, 6) is 5.83. The highest BCUT2D eigenvalue weighted by molar-refractivity contribution is 5.95. The number of nitrogens with zero attached hydrogens (tertiary/aromatic N) is 6. The van der Waals surface area contributed by atoms with Gasteiger partial charge >= 0.3 is 12.1 Å². The summed E-state index contributed by atoms with van der Waals surface area (Å²) in [6.07, 6.45) is 1.59. The largest absolute Gasteiger partial charge is 0.437 e. The van der Waals surface area contributed by atoms with Crippen molar-refractivity contribution in [1.82, 2.24) is 30.2 Å². The van der Waals surface area contributed by atoms with Crippen LogP contribution in [0.3, 0.4) is 0 Å². The predicted molar refractivity (Wildman–Crippen MR) is 130 cm³/mol. The molecule has 2 aromatic carbocycles. The van der Waals surface area contributed by atoms with Crippen molar-refractivity contribution in [2.24, 2.45) is 11.1 Å². The summed E-state index contributed by atoms with van der Waals surface area (Å²) >= 11 is 0. The first-order valence-electron chi connectivity index (χ1n) is 11.0. The van der Waals surface area contributed by atoms with Gasteiger partial charge in [-0.25, -0.2) is 35.8 Å². The zero-order chi connectivity index (χ0) is 26.5. The van der Waals surface area contributed by atoms with E-state index in [9.17, 15) is 14.4 Å². The molecule has 1 aliphatic rings. The van der Waals surface area contributed by atoms with Crippen LogP contribution in [-0.2, 0) is 6.54 Å². The average Bonchev–Trinajstić information content (AvgIpc) is 2.90. The van der Waals surface area contributed by atoms with Gasteiger partial charge in [-0.3, -0.25) is 14.7 Å². The fourth-order valence-electron chi connectivity index (χ4n) is 3.50. The molecule has 0 aliphatic carbocycles. The number of ether oxygens (including phenoxy) is 1. The van der Waals surface area contributed by atoms with Crippen molar-refractivity contribution >= 4 is 23.7 Å². The average molecular weight is 505 g/mol. The van der Waals surface area contributed by atoms with E-state index in [2.05, 4.69) is 20.5 Å². The molecule has 14 nitrogen and oxygen atoms in total. The van der Waals surface area contributed by atoms with Gasteiger partial charge < -0.3 is 10.1 Å². The molecule has 14 heteroatoms. The van der Waals surface area contributed by atoms with E-state index >= 15 is 0 Å². The Bertz CT molecular complexity index is 1320. The van der Waals surface area contributed by atoms with Crippen LogP contribution in [0.1, 0.15) is 21.6 Å². The number of aryl methyl sites for hydroxylation is 1. The molecule has 37 heavy (non-hydrogen) atoms. The molecule has 190 valence electrons. The summed E-state index contributed by atoms with van der Waals surface area (Å²) in [5.41, 5.74) is 11.1. The molecule has 1 aliphatic heterocycles. The van der Waals surface area contributed by atoms with Gasteiger partial charge in [0.05, 0.1) is 18.9 Å². The molecule has 0 radical (unpaired) electrons. The number of carbonyl (C=O) groups is 3. The Kier molecular flexibility index (Phi) is 7.20. The molecule has 5 amide bonds. The number of benzene rings is 2. The smallest absolute Gasteiger partial charge is 0.345 e. The Morgan fingerprint density at radius 2 is 1.81 bits per heavy atom. The third-order valence-corrected chi connectivity index (χ3v) is 5.45. The van der Waals surface area contributed by atoms with Gasteiger partial charge in [-0.05, 0) is 36.8 Å². The summed E-state index contributed by atoms with van der Waals surface area (Å²) in [6.45, 7) is 2.19. The van der Waals surface area contributed by atoms with Crippen LogP contribution < -0.4 is 21.3 Å². The Hall–Kier alpha value is -5.11. The van der Waals surface area contributed by atoms with Gasteiger partial charge in [-0.2, -0.15) is 5.53 Å². The molecule has 1 saturated heterocycles. The van der Waals surface area contributed by atoms with Crippen LogP contribution in [0.25, 0.3) is 0 Å². The van der Waals surface area contributed by atoms with Crippen LogP contribution in [0.5, 0.6) is 11.6 Å². The Morgan fingerprint density at radius 1 is 1.11 bits per heavy atom. The van der Waals surface area contributed by atoms with Crippen LogP contribution in [-0.4, -0.2) is 56.1 Å². The molecule has 1 unspecified atom stereocenters. The number of aromatic nitrogens is 2. The molecule has 1 fully saturated rings. The van der Waals surface area contributed by atoms with Crippen LogP contribution in [0, 0.1) is 12.5 Å². The number of nitrogens with one attached hydrogen (secondary N) is 3. The lowest BCUT2D eigenvalue weighted by atomic mass is 10.1. The van der Waals surface area contributed by atoms with Gasteiger partial charge in [0.2, 0.25) is 12.2 Å². The first-order chi connectivity index (χ1) is 17.8. The van der Waals surface area contributed by atoms with E-state index in [1.54, 1.807) is 24.3 Å². The summed E-state index contributed by atoms with van der Waals surface area (Å²) < 4.78 is 5.65. The number of carbonyl (C=O) groups excluding carboxylic acids is 3. The summed E-state index contributed by atoms with van der Waals surface area (Å²) in [5, 5.41) is 6.88. The van der Waals surface area contributed by atoms with Gasteiger partial charge in [-0.1, -0.05) is 35.1 Å². The lowest BCUT2D eigenvalue weighted by Crippen LogP contribution is -2.69. The highest BCUT2D eigenvalue weighted by atomic mass is 16.5. The normalized spacial score (nSPS) is 15.4.